The zero-order chi connectivity index (χ0) is 13.9. The summed E-state index contributed by atoms with van der Waals surface area (Å²) in [4.78, 5) is 12.0. The molecule has 1 aliphatic rings. The Morgan fingerprint density at radius 2 is 2.45 bits per heavy atom. The molecule has 3 N–H and O–H groups in total. The lowest BCUT2D eigenvalue weighted by Crippen LogP contribution is -2.37. The number of hydrogen-bond donors (Lipinski definition) is 3. The summed E-state index contributed by atoms with van der Waals surface area (Å²) in [6.07, 6.45) is 2.28. The van der Waals surface area contributed by atoms with E-state index in [0.717, 1.165) is 18.7 Å². The Labute approximate surface area is 116 Å². The molecule has 0 aliphatic carbocycles. The quantitative estimate of drug-likeness (QED) is 0.788. The molecule has 6 nitrogen and oxygen atoms in total. The lowest BCUT2D eigenvalue weighted by atomic mass is 10.2. The summed E-state index contributed by atoms with van der Waals surface area (Å²) in [5, 5.41) is 13.1. The van der Waals surface area contributed by atoms with Gasteiger partial charge in [0.1, 0.15) is 11.5 Å². The van der Waals surface area contributed by atoms with Crippen LogP contribution in [0.15, 0.2) is 22.6 Å². The van der Waals surface area contributed by atoms with E-state index in [1.165, 1.54) is 6.42 Å². The van der Waals surface area contributed by atoms with Crippen molar-refractivity contribution in [2.45, 2.75) is 25.8 Å². The van der Waals surface area contributed by atoms with Crippen LogP contribution in [-0.4, -0.2) is 35.2 Å². The summed E-state index contributed by atoms with van der Waals surface area (Å²) in [6.45, 7) is 3.55. The smallest absolute Gasteiger partial charge is 0.271 e. The standard InChI is InChI=1S/C14H18N4O2/c1-9-4-5-13(20-9)11-7-12(18-17-11)14(19)16-8-10-3-2-6-15-10/h4-5,7,10,15H,2-3,6,8H2,1H3,(H,16,19)(H,17,18). The Bertz CT molecular complexity index is 596. The molecule has 3 rings (SSSR count). The minimum Gasteiger partial charge on any atom is -0.460 e. The topological polar surface area (TPSA) is 83.0 Å². The fourth-order valence-corrected chi connectivity index (χ4v) is 2.38. The van der Waals surface area contributed by atoms with Crippen LogP contribution in [0, 0.1) is 6.92 Å². The van der Waals surface area contributed by atoms with E-state index in [2.05, 4.69) is 20.8 Å². The predicted molar refractivity (Wildman–Crippen MR) is 74.4 cm³/mol. The van der Waals surface area contributed by atoms with Crippen molar-refractivity contribution < 1.29 is 9.21 Å². The highest BCUT2D eigenvalue weighted by Crippen LogP contribution is 2.20. The number of furan rings is 1. The summed E-state index contributed by atoms with van der Waals surface area (Å²) in [6, 6.07) is 5.81. The molecule has 0 saturated carbocycles. The number of carbonyl (C=O) groups excluding carboxylic acids is 1. The third-order valence-electron chi connectivity index (χ3n) is 3.49. The number of nitrogens with one attached hydrogen (secondary N) is 3. The Balaban J connectivity index is 1.62. The maximum atomic E-state index is 12.0. The molecule has 1 amide bonds. The fourth-order valence-electron chi connectivity index (χ4n) is 2.38. The van der Waals surface area contributed by atoms with Crippen molar-refractivity contribution in [2.75, 3.05) is 13.1 Å². The maximum absolute atomic E-state index is 12.0. The molecule has 0 radical (unpaired) electrons. The van der Waals surface area contributed by atoms with Gasteiger partial charge in [-0.25, -0.2) is 0 Å². The Morgan fingerprint density at radius 1 is 1.55 bits per heavy atom. The highest BCUT2D eigenvalue weighted by molar-refractivity contribution is 5.93. The van der Waals surface area contributed by atoms with Gasteiger partial charge in [-0.05, 0) is 38.4 Å². The SMILES string of the molecule is Cc1ccc(-c2cc(C(=O)NCC3CCCN3)n[nH]2)o1. The van der Waals surface area contributed by atoms with E-state index in [4.69, 9.17) is 4.42 Å². The van der Waals surface area contributed by atoms with Gasteiger partial charge in [0.2, 0.25) is 0 Å². The molecule has 6 heteroatoms. The molecule has 1 aliphatic heterocycles. The van der Waals surface area contributed by atoms with Crippen LogP contribution in [-0.2, 0) is 0 Å². The summed E-state index contributed by atoms with van der Waals surface area (Å²) in [5.41, 5.74) is 1.09. The average Bonchev–Trinajstić information content (AvgIpc) is 3.16. The minimum absolute atomic E-state index is 0.163. The molecule has 2 aromatic rings. The number of rotatable bonds is 4. The van der Waals surface area contributed by atoms with E-state index < -0.39 is 0 Å². The van der Waals surface area contributed by atoms with Crippen molar-refractivity contribution in [1.29, 1.82) is 0 Å². The predicted octanol–water partition coefficient (Wildman–Crippen LogP) is 1.46. The highest BCUT2D eigenvalue weighted by Gasteiger charge is 2.17. The van der Waals surface area contributed by atoms with Crippen LogP contribution in [0.25, 0.3) is 11.5 Å². The van der Waals surface area contributed by atoms with E-state index in [1.807, 2.05) is 19.1 Å². The molecule has 20 heavy (non-hydrogen) atoms. The average molecular weight is 274 g/mol. The van der Waals surface area contributed by atoms with Crippen molar-refractivity contribution in [2.24, 2.45) is 0 Å². The second kappa shape index (κ2) is 5.50. The van der Waals surface area contributed by atoms with Crippen LogP contribution in [0.3, 0.4) is 0 Å². The second-order valence-electron chi connectivity index (χ2n) is 5.08. The van der Waals surface area contributed by atoms with Gasteiger partial charge in [0.25, 0.3) is 5.91 Å². The lowest BCUT2D eigenvalue weighted by molar-refractivity contribution is 0.0945. The molecule has 0 aromatic carbocycles. The van der Waals surface area contributed by atoms with Crippen molar-refractivity contribution >= 4 is 5.91 Å². The zero-order valence-electron chi connectivity index (χ0n) is 11.4. The van der Waals surface area contributed by atoms with E-state index in [-0.39, 0.29) is 5.91 Å². The van der Waals surface area contributed by atoms with Gasteiger partial charge in [-0.2, -0.15) is 5.10 Å². The van der Waals surface area contributed by atoms with E-state index in [0.29, 0.717) is 29.7 Å². The molecular formula is C14H18N4O2. The molecule has 3 heterocycles. The summed E-state index contributed by atoms with van der Waals surface area (Å²) in [7, 11) is 0. The third-order valence-corrected chi connectivity index (χ3v) is 3.49. The number of carbonyl (C=O) groups is 1. The molecular weight excluding hydrogens is 256 g/mol. The largest absolute Gasteiger partial charge is 0.460 e. The maximum Gasteiger partial charge on any atom is 0.271 e. The Hall–Kier alpha value is -2.08. The number of aromatic nitrogens is 2. The first kappa shape index (κ1) is 12.9. The molecule has 1 fully saturated rings. The zero-order valence-corrected chi connectivity index (χ0v) is 11.4. The number of nitrogens with zero attached hydrogens (tertiary/aromatic N) is 1. The number of aryl methyl sites for hydroxylation is 1. The van der Waals surface area contributed by atoms with Crippen molar-refractivity contribution in [3.05, 3.63) is 29.7 Å². The summed E-state index contributed by atoms with van der Waals surface area (Å²) >= 11 is 0. The Morgan fingerprint density at radius 3 is 3.15 bits per heavy atom. The van der Waals surface area contributed by atoms with Gasteiger partial charge in [0, 0.05) is 18.7 Å². The van der Waals surface area contributed by atoms with Crippen LogP contribution < -0.4 is 10.6 Å². The lowest BCUT2D eigenvalue weighted by Gasteiger charge is -2.10. The third kappa shape index (κ3) is 2.75. The van der Waals surface area contributed by atoms with Gasteiger partial charge in [-0.3, -0.25) is 9.89 Å². The monoisotopic (exact) mass is 274 g/mol. The first-order valence-electron chi connectivity index (χ1n) is 6.86. The fraction of sp³-hybridized carbons (Fsp3) is 0.429. The van der Waals surface area contributed by atoms with E-state index in [9.17, 15) is 4.79 Å². The van der Waals surface area contributed by atoms with Gasteiger partial charge in [-0.1, -0.05) is 0 Å². The molecule has 0 bridgehead atoms. The van der Waals surface area contributed by atoms with Crippen LogP contribution in [0.1, 0.15) is 29.1 Å². The number of aromatic amines is 1. The number of amides is 1. The highest BCUT2D eigenvalue weighted by atomic mass is 16.3. The van der Waals surface area contributed by atoms with Gasteiger partial charge < -0.3 is 15.1 Å². The Kier molecular flexibility index (Phi) is 3.56. The normalized spacial score (nSPS) is 18.4. The molecule has 1 unspecified atom stereocenters. The van der Waals surface area contributed by atoms with Crippen LogP contribution >= 0.6 is 0 Å². The summed E-state index contributed by atoms with van der Waals surface area (Å²) < 4.78 is 5.49. The number of H-pyrrole nitrogens is 1. The summed E-state index contributed by atoms with van der Waals surface area (Å²) in [5.74, 6) is 1.35. The van der Waals surface area contributed by atoms with Crippen LogP contribution in [0.5, 0.6) is 0 Å². The number of hydrogen-bond acceptors (Lipinski definition) is 4. The van der Waals surface area contributed by atoms with Gasteiger partial charge in [0.15, 0.2) is 11.5 Å². The van der Waals surface area contributed by atoms with Gasteiger partial charge in [-0.15, -0.1) is 0 Å². The van der Waals surface area contributed by atoms with Crippen molar-refractivity contribution in [3.63, 3.8) is 0 Å². The molecule has 2 aromatic heterocycles. The first-order valence-corrected chi connectivity index (χ1v) is 6.86. The minimum atomic E-state index is -0.163. The van der Waals surface area contributed by atoms with Crippen LogP contribution in [0.4, 0.5) is 0 Å². The van der Waals surface area contributed by atoms with E-state index >= 15 is 0 Å². The van der Waals surface area contributed by atoms with Gasteiger partial charge in [0.05, 0.1) is 0 Å². The molecule has 106 valence electrons. The molecule has 1 atom stereocenters. The van der Waals surface area contributed by atoms with E-state index in [1.54, 1.807) is 6.07 Å². The van der Waals surface area contributed by atoms with Crippen molar-refractivity contribution in [1.82, 2.24) is 20.8 Å². The molecule has 0 spiro atoms. The molecule has 1 saturated heterocycles. The van der Waals surface area contributed by atoms with Crippen molar-refractivity contribution in [3.8, 4) is 11.5 Å². The van der Waals surface area contributed by atoms with Crippen LogP contribution in [0.2, 0.25) is 0 Å². The second-order valence-corrected chi connectivity index (χ2v) is 5.08. The van der Waals surface area contributed by atoms with Gasteiger partial charge >= 0.3 is 0 Å². The first-order chi connectivity index (χ1) is 9.72.